The average Bonchev–Trinajstić information content (AvgIpc) is 3.02. The molecule has 1 aliphatic rings. The lowest BCUT2D eigenvalue weighted by atomic mass is 9.97. The maximum atomic E-state index is 13.5. The fourth-order valence-electron chi connectivity index (χ4n) is 3.05. The number of hydrogen-bond donors (Lipinski definition) is 1. The lowest BCUT2D eigenvalue weighted by Crippen LogP contribution is -2.37. The minimum absolute atomic E-state index is 0.325. The summed E-state index contributed by atoms with van der Waals surface area (Å²) in [7, 11) is 0. The molecule has 0 bridgehead atoms. The van der Waals surface area contributed by atoms with E-state index in [4.69, 9.17) is 38.4 Å². The molecule has 1 aliphatic heterocycles. The number of fused-ring (bicyclic) bond motifs is 1. The second kappa shape index (κ2) is 7.00. The Hall–Kier alpha value is -2.34. The van der Waals surface area contributed by atoms with Gasteiger partial charge in [0.2, 0.25) is 0 Å². The van der Waals surface area contributed by atoms with Gasteiger partial charge in [-0.25, -0.2) is 9.37 Å². The number of hydrogen-bond acceptors (Lipinski definition) is 4. The lowest BCUT2D eigenvalue weighted by molar-refractivity contribution is -0.0475. The molecule has 1 aromatic heterocycles. The highest BCUT2D eigenvalue weighted by Crippen LogP contribution is 2.48. The molecule has 4 nitrogen and oxygen atoms in total. The van der Waals surface area contributed by atoms with Crippen molar-refractivity contribution in [2.24, 2.45) is 5.73 Å². The van der Waals surface area contributed by atoms with E-state index in [9.17, 15) is 4.39 Å². The van der Waals surface area contributed by atoms with Crippen molar-refractivity contribution < 1.29 is 13.9 Å². The Morgan fingerprint density at radius 2 is 1.81 bits per heavy atom. The number of ether oxygens (including phenoxy) is 2. The van der Waals surface area contributed by atoms with Gasteiger partial charge in [0.05, 0.1) is 10.6 Å². The molecule has 2 aromatic carbocycles. The minimum Gasteiger partial charge on any atom is -0.438 e. The monoisotopic (exact) mass is 404 g/mol. The Labute approximate surface area is 165 Å². The fourth-order valence-corrected chi connectivity index (χ4v) is 3.58. The van der Waals surface area contributed by atoms with Gasteiger partial charge < -0.3 is 15.2 Å². The van der Waals surface area contributed by atoms with Crippen molar-refractivity contribution in [3.05, 3.63) is 87.3 Å². The topological polar surface area (TPSA) is 57.4 Å². The van der Waals surface area contributed by atoms with E-state index >= 15 is 0 Å². The summed E-state index contributed by atoms with van der Waals surface area (Å²) in [6.45, 7) is 0.493. The number of aromatic nitrogens is 1. The molecule has 0 saturated carbocycles. The van der Waals surface area contributed by atoms with Gasteiger partial charge in [-0.2, -0.15) is 0 Å². The zero-order chi connectivity index (χ0) is 19.0. The van der Waals surface area contributed by atoms with E-state index in [-0.39, 0.29) is 5.82 Å². The van der Waals surface area contributed by atoms with Gasteiger partial charge in [0.25, 0.3) is 5.88 Å². The van der Waals surface area contributed by atoms with Crippen LogP contribution in [0.1, 0.15) is 16.7 Å². The van der Waals surface area contributed by atoms with Crippen LogP contribution in [0.4, 0.5) is 4.39 Å². The van der Waals surface area contributed by atoms with Crippen LogP contribution in [0, 0.1) is 5.82 Å². The molecule has 4 rings (SSSR count). The maximum Gasteiger partial charge on any atom is 0.308 e. The van der Waals surface area contributed by atoms with Gasteiger partial charge >= 0.3 is 5.79 Å². The Balaban J connectivity index is 1.86. The van der Waals surface area contributed by atoms with Crippen LogP contribution in [0.2, 0.25) is 10.0 Å². The second-order valence-electron chi connectivity index (χ2n) is 6.14. The standard InChI is InChI=1S/C20H15Cl2FN2O2/c21-14-3-6-16(17(22)10-14)20(13-1-4-15(23)5-2-13)26-18-9-12(7-8-24)11-25-19(18)27-20/h1-6,9-11H,7-8,24H2. The number of nitrogens with zero attached hydrogens (tertiary/aromatic N) is 1. The molecule has 0 amide bonds. The fraction of sp³-hybridized carbons (Fsp3) is 0.150. The van der Waals surface area contributed by atoms with Crippen molar-refractivity contribution in [2.45, 2.75) is 12.2 Å². The summed E-state index contributed by atoms with van der Waals surface area (Å²) >= 11 is 12.5. The molecule has 0 spiro atoms. The molecule has 7 heteroatoms. The Kier molecular flexibility index (Phi) is 4.68. The minimum atomic E-state index is -1.40. The van der Waals surface area contributed by atoms with Crippen LogP contribution in [-0.4, -0.2) is 11.5 Å². The van der Waals surface area contributed by atoms with Crippen molar-refractivity contribution in [1.82, 2.24) is 4.98 Å². The highest BCUT2D eigenvalue weighted by atomic mass is 35.5. The third-order valence-corrected chi connectivity index (χ3v) is 4.86. The predicted octanol–water partition coefficient (Wildman–Crippen LogP) is 4.70. The van der Waals surface area contributed by atoms with Crippen molar-refractivity contribution in [3.8, 4) is 11.6 Å². The smallest absolute Gasteiger partial charge is 0.308 e. The zero-order valence-electron chi connectivity index (χ0n) is 14.1. The third-order valence-electron chi connectivity index (χ3n) is 4.31. The number of rotatable bonds is 4. The Bertz CT molecular complexity index is 998. The summed E-state index contributed by atoms with van der Waals surface area (Å²) < 4.78 is 25.9. The normalized spacial score (nSPS) is 17.9. The summed E-state index contributed by atoms with van der Waals surface area (Å²) in [5.41, 5.74) is 7.67. The second-order valence-corrected chi connectivity index (χ2v) is 6.98. The summed E-state index contributed by atoms with van der Waals surface area (Å²) in [6, 6.07) is 12.7. The van der Waals surface area contributed by atoms with Gasteiger partial charge in [0, 0.05) is 16.8 Å². The van der Waals surface area contributed by atoms with Crippen LogP contribution >= 0.6 is 23.2 Å². The summed E-state index contributed by atoms with van der Waals surface area (Å²) in [5, 5.41) is 0.846. The largest absolute Gasteiger partial charge is 0.438 e. The van der Waals surface area contributed by atoms with Gasteiger partial charge in [-0.05, 0) is 67.1 Å². The first-order chi connectivity index (χ1) is 13.0. The first-order valence-electron chi connectivity index (χ1n) is 8.30. The van der Waals surface area contributed by atoms with Crippen molar-refractivity contribution in [2.75, 3.05) is 6.54 Å². The van der Waals surface area contributed by atoms with Crippen LogP contribution in [0.15, 0.2) is 54.7 Å². The molecule has 2 heterocycles. The average molecular weight is 405 g/mol. The van der Waals surface area contributed by atoms with Gasteiger partial charge in [-0.15, -0.1) is 0 Å². The number of nitrogens with two attached hydrogens (primary N) is 1. The molecule has 1 unspecified atom stereocenters. The zero-order valence-corrected chi connectivity index (χ0v) is 15.6. The SMILES string of the molecule is NCCc1cnc2c(c1)OC(c1ccc(F)cc1)(c1ccc(Cl)cc1Cl)O2. The number of benzene rings is 2. The highest BCUT2D eigenvalue weighted by Gasteiger charge is 2.47. The van der Waals surface area contributed by atoms with E-state index in [1.54, 1.807) is 36.5 Å². The molecule has 0 fully saturated rings. The van der Waals surface area contributed by atoms with E-state index in [0.717, 1.165) is 5.56 Å². The summed E-state index contributed by atoms with van der Waals surface area (Å²) in [4.78, 5) is 4.34. The molecular formula is C20H15Cl2FN2O2. The van der Waals surface area contributed by atoms with Crippen LogP contribution in [-0.2, 0) is 12.2 Å². The molecule has 1 atom stereocenters. The quantitative estimate of drug-likeness (QED) is 0.684. The summed E-state index contributed by atoms with van der Waals surface area (Å²) in [5.74, 6) is -0.969. The molecule has 138 valence electrons. The third kappa shape index (κ3) is 3.23. The van der Waals surface area contributed by atoms with Crippen LogP contribution in [0.25, 0.3) is 0 Å². The van der Waals surface area contributed by atoms with Gasteiger partial charge in [0.1, 0.15) is 5.82 Å². The Morgan fingerprint density at radius 3 is 2.52 bits per heavy atom. The van der Waals surface area contributed by atoms with E-state index in [2.05, 4.69) is 4.98 Å². The van der Waals surface area contributed by atoms with Crippen molar-refractivity contribution in [3.63, 3.8) is 0 Å². The van der Waals surface area contributed by atoms with Crippen molar-refractivity contribution in [1.29, 1.82) is 0 Å². The van der Waals surface area contributed by atoms with E-state index in [1.165, 1.54) is 12.1 Å². The molecule has 3 aromatic rings. The summed E-state index contributed by atoms with van der Waals surface area (Å²) in [6.07, 6.45) is 2.36. The number of halogens is 3. The first kappa shape index (κ1) is 18.0. The molecule has 0 aliphatic carbocycles. The molecular weight excluding hydrogens is 390 g/mol. The Morgan fingerprint density at radius 1 is 1.04 bits per heavy atom. The molecule has 27 heavy (non-hydrogen) atoms. The van der Waals surface area contributed by atoms with Gasteiger partial charge in [0.15, 0.2) is 5.75 Å². The van der Waals surface area contributed by atoms with Crippen molar-refractivity contribution >= 4 is 23.2 Å². The van der Waals surface area contributed by atoms with E-state index < -0.39 is 5.79 Å². The van der Waals surface area contributed by atoms with Crippen LogP contribution in [0.5, 0.6) is 11.6 Å². The highest BCUT2D eigenvalue weighted by molar-refractivity contribution is 6.35. The lowest BCUT2D eigenvalue weighted by Gasteiger charge is -2.29. The molecule has 0 saturated heterocycles. The van der Waals surface area contributed by atoms with Gasteiger partial charge in [-0.1, -0.05) is 23.2 Å². The molecule has 0 radical (unpaired) electrons. The van der Waals surface area contributed by atoms with E-state index in [1.807, 2.05) is 6.07 Å². The number of pyridine rings is 1. The van der Waals surface area contributed by atoms with Gasteiger partial charge in [-0.3, -0.25) is 0 Å². The molecule has 2 N–H and O–H groups in total. The van der Waals surface area contributed by atoms with Crippen LogP contribution < -0.4 is 15.2 Å². The van der Waals surface area contributed by atoms with E-state index in [0.29, 0.717) is 45.8 Å². The van der Waals surface area contributed by atoms with Crippen LogP contribution in [0.3, 0.4) is 0 Å². The first-order valence-corrected chi connectivity index (χ1v) is 9.06. The maximum absolute atomic E-state index is 13.5. The predicted molar refractivity (Wildman–Crippen MR) is 102 cm³/mol.